The van der Waals surface area contributed by atoms with E-state index < -0.39 is 12.0 Å². The Morgan fingerprint density at radius 2 is 2.07 bits per heavy atom. The van der Waals surface area contributed by atoms with Gasteiger partial charge < -0.3 is 9.64 Å². The van der Waals surface area contributed by atoms with Crippen molar-refractivity contribution in [2.45, 2.75) is 38.0 Å². The number of benzene rings is 1. The highest BCUT2D eigenvalue weighted by molar-refractivity contribution is 7.65. The number of halogens is 2. The van der Waals surface area contributed by atoms with Crippen LogP contribution < -0.4 is 9.64 Å². The molecule has 0 atom stereocenters. The molecular formula is C20H23F2N4O3S+. The van der Waals surface area contributed by atoms with E-state index in [-0.39, 0.29) is 11.7 Å². The molecule has 0 aliphatic carbocycles. The van der Waals surface area contributed by atoms with Crippen molar-refractivity contribution in [1.29, 1.82) is 0 Å². The topological polar surface area (TPSA) is 67.7 Å². The van der Waals surface area contributed by atoms with E-state index in [4.69, 9.17) is 0 Å². The fourth-order valence-corrected chi connectivity index (χ4v) is 4.75. The summed E-state index contributed by atoms with van der Waals surface area (Å²) in [6, 6.07) is 4.75. The van der Waals surface area contributed by atoms with Crippen molar-refractivity contribution in [1.82, 2.24) is 14.7 Å². The Kier molecular flexibility index (Phi) is 5.79. The molecule has 2 aromatic rings. The molecule has 30 heavy (non-hydrogen) atoms. The smallest absolute Gasteiger partial charge is 0.435 e. The average Bonchev–Trinajstić information content (AvgIpc) is 3.25. The average molecular weight is 437 g/mol. The van der Waals surface area contributed by atoms with Crippen LogP contribution in [0, 0.1) is 0 Å². The number of hydrogen-bond donors (Lipinski definition) is 0. The van der Waals surface area contributed by atoms with Crippen molar-refractivity contribution in [3.05, 3.63) is 41.7 Å². The number of likely N-dealkylation sites (tertiary alicyclic amines) is 1. The molecule has 3 heterocycles. The minimum Gasteiger partial charge on any atom is -0.435 e. The molecule has 160 valence electrons. The molecule has 1 fully saturated rings. The predicted octanol–water partition coefficient (Wildman–Crippen LogP) is 2.42. The molecule has 0 N–H and O–H groups in total. The van der Waals surface area contributed by atoms with Gasteiger partial charge in [-0.2, -0.15) is 13.9 Å². The minimum absolute atomic E-state index is 0.00859. The molecule has 0 saturated carbocycles. The zero-order valence-electron chi connectivity index (χ0n) is 16.6. The van der Waals surface area contributed by atoms with Gasteiger partial charge in [0.05, 0.1) is 18.2 Å². The fourth-order valence-electron chi connectivity index (χ4n) is 4.49. The molecule has 1 spiro atoms. The lowest BCUT2D eigenvalue weighted by Crippen LogP contribution is -2.47. The van der Waals surface area contributed by atoms with Crippen molar-refractivity contribution in [2.24, 2.45) is 0 Å². The highest BCUT2D eigenvalue weighted by atomic mass is 32.1. The summed E-state index contributed by atoms with van der Waals surface area (Å²) in [5.74, 6) is 0.561. The van der Waals surface area contributed by atoms with Crippen molar-refractivity contribution in [3.8, 4) is 5.75 Å². The largest absolute Gasteiger partial charge is 0.460 e. The number of likely N-dealkylation sites (N-methyl/N-ethyl adjacent to an activating group) is 1. The summed E-state index contributed by atoms with van der Waals surface area (Å²) >= 11 is 0.543. The minimum atomic E-state index is -2.90. The van der Waals surface area contributed by atoms with Gasteiger partial charge in [0.2, 0.25) is 11.7 Å². The summed E-state index contributed by atoms with van der Waals surface area (Å²) in [7, 11) is 1.73. The van der Waals surface area contributed by atoms with E-state index in [1.807, 2.05) is 6.20 Å². The van der Waals surface area contributed by atoms with E-state index in [0.29, 0.717) is 56.4 Å². The quantitative estimate of drug-likeness (QED) is 0.623. The van der Waals surface area contributed by atoms with Crippen molar-refractivity contribution in [2.75, 3.05) is 30.8 Å². The number of nitrogens with zero attached hydrogens (tertiary/aromatic N) is 4. The van der Waals surface area contributed by atoms with Gasteiger partial charge in [0, 0.05) is 35.2 Å². The van der Waals surface area contributed by atoms with E-state index in [9.17, 15) is 17.8 Å². The number of carbonyl (C=O) groups excluding carboxylic acids is 1. The molecule has 1 aromatic carbocycles. The molecule has 7 nitrogen and oxygen atoms in total. The van der Waals surface area contributed by atoms with E-state index in [0.717, 1.165) is 16.8 Å². The highest BCUT2D eigenvalue weighted by Crippen LogP contribution is 2.48. The number of anilines is 1. The second-order valence-corrected chi connectivity index (χ2v) is 8.36. The normalized spacial score (nSPS) is 18.3. The van der Waals surface area contributed by atoms with Gasteiger partial charge in [-0.1, -0.05) is 0 Å². The van der Waals surface area contributed by atoms with Gasteiger partial charge in [0.15, 0.2) is 0 Å². The number of ether oxygens (including phenoxy) is 1. The van der Waals surface area contributed by atoms with Crippen LogP contribution >= 0.6 is 0 Å². The lowest BCUT2D eigenvalue weighted by atomic mass is 9.73. The molecule has 10 heteroatoms. The first kappa shape index (κ1) is 20.8. The van der Waals surface area contributed by atoms with Crippen LogP contribution in [0.15, 0.2) is 30.6 Å². The summed E-state index contributed by atoms with van der Waals surface area (Å²) in [5.41, 5.74) is 1.89. The van der Waals surface area contributed by atoms with Gasteiger partial charge in [-0.15, -0.1) is 0 Å². The van der Waals surface area contributed by atoms with E-state index in [2.05, 4.69) is 14.7 Å². The third kappa shape index (κ3) is 3.81. The van der Waals surface area contributed by atoms with Crippen LogP contribution in [0.4, 0.5) is 14.5 Å². The third-order valence-electron chi connectivity index (χ3n) is 5.99. The third-order valence-corrected chi connectivity index (χ3v) is 6.34. The Labute approximate surface area is 177 Å². The first-order chi connectivity index (χ1) is 14.4. The number of fused-ring (bicyclic) bond motifs is 2. The van der Waals surface area contributed by atoms with Crippen LogP contribution in [0.1, 0.15) is 24.0 Å². The van der Waals surface area contributed by atoms with Gasteiger partial charge in [-0.25, -0.2) is 0 Å². The van der Waals surface area contributed by atoms with Gasteiger partial charge in [-0.3, -0.25) is 14.4 Å². The molecule has 2 aliphatic rings. The maximum Gasteiger partial charge on any atom is 0.460 e. The van der Waals surface area contributed by atoms with Crippen LogP contribution in [-0.4, -0.2) is 53.1 Å². The first-order valence-corrected chi connectivity index (χ1v) is 10.7. The molecule has 0 bridgehead atoms. The molecule has 1 aromatic heterocycles. The van der Waals surface area contributed by atoms with Crippen LogP contribution in [-0.2, 0) is 39.2 Å². The standard InChI is InChI=1S/C20H23F2N4O3S/c1-24-17-3-2-15(29-19(21)22)10-16(17)20(18(24)27)4-6-25(7-5-20)12-14-11-23-26(13-14)8-9-30-28/h2-3,10-11,13,19H,4-9,12H2,1H3/q+1. The van der Waals surface area contributed by atoms with Gasteiger partial charge >= 0.3 is 18.3 Å². The molecule has 0 radical (unpaired) electrons. The summed E-state index contributed by atoms with van der Waals surface area (Å²) < 4.78 is 42.2. The van der Waals surface area contributed by atoms with Crippen LogP contribution in [0.3, 0.4) is 0 Å². The lowest BCUT2D eigenvalue weighted by molar-refractivity contribution is -0.124. The Bertz CT molecular complexity index is 944. The molecule has 2 aliphatic heterocycles. The van der Waals surface area contributed by atoms with Crippen LogP contribution in [0.25, 0.3) is 0 Å². The molecule has 1 amide bonds. The van der Waals surface area contributed by atoms with E-state index in [1.54, 1.807) is 35.0 Å². The number of alkyl halides is 2. The van der Waals surface area contributed by atoms with Crippen molar-refractivity contribution < 1.29 is 22.5 Å². The molecule has 4 rings (SSSR count). The maximum absolute atomic E-state index is 13.1. The molecule has 1 saturated heterocycles. The number of piperidine rings is 1. The summed E-state index contributed by atoms with van der Waals surface area (Å²) in [4.78, 5) is 17.0. The Morgan fingerprint density at radius 1 is 1.30 bits per heavy atom. The Balaban J connectivity index is 1.47. The van der Waals surface area contributed by atoms with E-state index >= 15 is 0 Å². The van der Waals surface area contributed by atoms with E-state index in [1.165, 1.54) is 6.07 Å². The second-order valence-electron chi connectivity index (χ2n) is 7.71. The lowest BCUT2D eigenvalue weighted by Gasteiger charge is -2.38. The predicted molar refractivity (Wildman–Crippen MR) is 108 cm³/mol. The number of hydrogen-bond acceptors (Lipinski definition) is 5. The Morgan fingerprint density at radius 3 is 2.77 bits per heavy atom. The number of amides is 1. The molecular weight excluding hydrogens is 414 g/mol. The SMILES string of the molecule is CN1C(=O)C2(CCN(Cc3cnn(CC[S+]=O)c3)CC2)c2cc(OC(F)F)ccc21. The van der Waals surface area contributed by atoms with Crippen LogP contribution in [0.2, 0.25) is 0 Å². The maximum atomic E-state index is 13.1. The zero-order chi connectivity index (χ0) is 21.3. The van der Waals surface area contributed by atoms with Crippen molar-refractivity contribution >= 4 is 23.3 Å². The zero-order valence-corrected chi connectivity index (χ0v) is 17.4. The Hall–Kier alpha value is -2.46. The second kappa shape index (κ2) is 8.35. The van der Waals surface area contributed by atoms with Gasteiger partial charge in [0.25, 0.3) is 0 Å². The fraction of sp³-hybridized carbons (Fsp3) is 0.500. The summed E-state index contributed by atoms with van der Waals surface area (Å²) in [6.45, 7) is -0.186. The highest BCUT2D eigenvalue weighted by Gasteiger charge is 2.51. The van der Waals surface area contributed by atoms with Gasteiger partial charge in [-0.05, 0) is 49.7 Å². The number of aryl methyl sites for hydroxylation is 1. The van der Waals surface area contributed by atoms with Crippen LogP contribution in [0.5, 0.6) is 5.75 Å². The number of carbonyl (C=O) groups is 1. The molecule has 0 unspecified atom stereocenters. The monoisotopic (exact) mass is 437 g/mol. The van der Waals surface area contributed by atoms with Crippen molar-refractivity contribution in [3.63, 3.8) is 0 Å². The number of rotatable bonds is 7. The first-order valence-electron chi connectivity index (χ1n) is 9.79. The number of aromatic nitrogens is 2. The summed E-state index contributed by atoms with van der Waals surface area (Å²) in [5, 5.41) is 4.28. The van der Waals surface area contributed by atoms with Gasteiger partial charge in [0.1, 0.15) is 5.75 Å². The summed E-state index contributed by atoms with van der Waals surface area (Å²) in [6.07, 6.45) is 4.97.